The normalized spacial score (nSPS) is 22.6. The molecule has 4 nitrogen and oxygen atoms in total. The zero-order valence-corrected chi connectivity index (χ0v) is 12.7. The maximum atomic E-state index is 13.3. The third-order valence-electron chi connectivity index (χ3n) is 3.93. The molecule has 112 valence electrons. The number of piperidine rings is 1. The highest BCUT2D eigenvalue weighted by Gasteiger charge is 2.35. The molecule has 0 spiro atoms. The molecule has 2 atom stereocenters. The summed E-state index contributed by atoms with van der Waals surface area (Å²) in [5.41, 5.74) is 0. The minimum Gasteiger partial charge on any atom is -0.316 e. The molecule has 0 bridgehead atoms. The van der Waals surface area contributed by atoms with E-state index in [-0.39, 0.29) is 17.0 Å². The van der Waals surface area contributed by atoms with E-state index in [0.29, 0.717) is 6.54 Å². The van der Waals surface area contributed by atoms with E-state index in [1.54, 1.807) is 0 Å². The standard InChI is InChI=1S/C14H21FN2O2S/c1-11(16-2)14-8-3-4-9-17(14)20(18,19)13-7-5-6-12(15)10-13/h5-7,10-11,14,16H,3-4,8-9H2,1-2H3. The summed E-state index contributed by atoms with van der Waals surface area (Å²) in [7, 11) is -1.81. The van der Waals surface area contributed by atoms with E-state index in [4.69, 9.17) is 0 Å². The molecule has 1 heterocycles. The minimum absolute atomic E-state index is 0.0349. The minimum atomic E-state index is -3.64. The fourth-order valence-corrected chi connectivity index (χ4v) is 4.48. The summed E-state index contributed by atoms with van der Waals surface area (Å²) in [5.74, 6) is -0.527. The average molecular weight is 300 g/mol. The van der Waals surface area contributed by atoms with Crippen molar-refractivity contribution in [3.8, 4) is 0 Å². The van der Waals surface area contributed by atoms with Crippen molar-refractivity contribution in [2.45, 2.75) is 43.2 Å². The van der Waals surface area contributed by atoms with E-state index < -0.39 is 15.8 Å². The van der Waals surface area contributed by atoms with Crippen molar-refractivity contribution in [3.63, 3.8) is 0 Å². The monoisotopic (exact) mass is 300 g/mol. The molecule has 20 heavy (non-hydrogen) atoms. The first-order valence-corrected chi connectivity index (χ1v) is 8.35. The largest absolute Gasteiger partial charge is 0.316 e. The van der Waals surface area contributed by atoms with E-state index >= 15 is 0 Å². The van der Waals surface area contributed by atoms with E-state index in [1.807, 2.05) is 14.0 Å². The van der Waals surface area contributed by atoms with Gasteiger partial charge < -0.3 is 5.32 Å². The molecule has 2 unspecified atom stereocenters. The van der Waals surface area contributed by atoms with Crippen molar-refractivity contribution in [1.29, 1.82) is 0 Å². The quantitative estimate of drug-likeness (QED) is 0.925. The van der Waals surface area contributed by atoms with Crippen LogP contribution in [0.5, 0.6) is 0 Å². The Kier molecular flexibility index (Phi) is 4.78. The van der Waals surface area contributed by atoms with Gasteiger partial charge in [-0.2, -0.15) is 4.31 Å². The molecular weight excluding hydrogens is 279 g/mol. The summed E-state index contributed by atoms with van der Waals surface area (Å²) >= 11 is 0. The molecule has 1 aromatic carbocycles. The molecular formula is C14H21FN2O2S. The summed E-state index contributed by atoms with van der Waals surface area (Å²) in [6.45, 7) is 2.47. The Morgan fingerprint density at radius 2 is 2.15 bits per heavy atom. The molecule has 0 radical (unpaired) electrons. The number of benzene rings is 1. The molecule has 1 saturated heterocycles. The summed E-state index contributed by atoms with van der Waals surface area (Å²) in [6.07, 6.45) is 2.70. The van der Waals surface area contributed by atoms with Gasteiger partial charge in [0.1, 0.15) is 5.82 Å². The van der Waals surface area contributed by atoms with Crippen LogP contribution < -0.4 is 5.32 Å². The lowest BCUT2D eigenvalue weighted by Gasteiger charge is -2.38. The Balaban J connectivity index is 2.35. The van der Waals surface area contributed by atoms with Gasteiger partial charge in [0.15, 0.2) is 0 Å². The first-order chi connectivity index (χ1) is 9.46. The first kappa shape index (κ1) is 15.4. The van der Waals surface area contributed by atoms with Gasteiger partial charge in [-0.25, -0.2) is 12.8 Å². The van der Waals surface area contributed by atoms with Gasteiger partial charge in [-0.3, -0.25) is 0 Å². The lowest BCUT2D eigenvalue weighted by molar-refractivity contribution is 0.213. The third-order valence-corrected chi connectivity index (χ3v) is 5.85. The Morgan fingerprint density at radius 3 is 2.80 bits per heavy atom. The fourth-order valence-electron chi connectivity index (χ4n) is 2.68. The number of rotatable bonds is 4. The molecule has 2 rings (SSSR count). The van der Waals surface area contributed by atoms with Crippen LogP contribution in [0, 0.1) is 5.82 Å². The van der Waals surface area contributed by atoms with Crippen LogP contribution in [-0.2, 0) is 10.0 Å². The molecule has 0 amide bonds. The third kappa shape index (κ3) is 3.02. The smallest absolute Gasteiger partial charge is 0.243 e. The van der Waals surface area contributed by atoms with Gasteiger partial charge in [0.05, 0.1) is 4.90 Å². The van der Waals surface area contributed by atoms with Gasteiger partial charge >= 0.3 is 0 Å². The highest BCUT2D eigenvalue weighted by molar-refractivity contribution is 7.89. The van der Waals surface area contributed by atoms with Crippen molar-refractivity contribution in [2.24, 2.45) is 0 Å². The number of hydrogen-bond donors (Lipinski definition) is 1. The Bertz CT molecular complexity index is 562. The molecule has 0 aromatic heterocycles. The van der Waals surface area contributed by atoms with Crippen LogP contribution >= 0.6 is 0 Å². The van der Waals surface area contributed by atoms with Crippen LogP contribution in [0.25, 0.3) is 0 Å². The number of likely N-dealkylation sites (N-methyl/N-ethyl adjacent to an activating group) is 1. The second kappa shape index (κ2) is 6.20. The van der Waals surface area contributed by atoms with Gasteiger partial charge in [0.25, 0.3) is 0 Å². The molecule has 6 heteroatoms. The fraction of sp³-hybridized carbons (Fsp3) is 0.571. The zero-order valence-electron chi connectivity index (χ0n) is 11.8. The molecule has 1 aliphatic rings. The van der Waals surface area contributed by atoms with Crippen LogP contribution in [0.3, 0.4) is 0 Å². The Morgan fingerprint density at radius 1 is 1.40 bits per heavy atom. The summed E-state index contributed by atoms with van der Waals surface area (Å²) in [6, 6.07) is 5.21. The van der Waals surface area contributed by atoms with Gasteiger partial charge in [0.2, 0.25) is 10.0 Å². The molecule has 0 aliphatic carbocycles. The second-order valence-corrected chi connectivity index (χ2v) is 7.10. The predicted octanol–water partition coefficient (Wildman–Crippen LogP) is 1.98. The molecule has 1 aromatic rings. The van der Waals surface area contributed by atoms with E-state index in [1.165, 1.54) is 22.5 Å². The van der Waals surface area contributed by atoms with E-state index in [0.717, 1.165) is 25.3 Å². The highest BCUT2D eigenvalue weighted by Crippen LogP contribution is 2.27. The molecule has 1 fully saturated rings. The van der Waals surface area contributed by atoms with Crippen molar-refractivity contribution >= 4 is 10.0 Å². The second-order valence-electron chi connectivity index (χ2n) is 5.21. The number of halogens is 1. The van der Waals surface area contributed by atoms with Crippen molar-refractivity contribution in [1.82, 2.24) is 9.62 Å². The van der Waals surface area contributed by atoms with Gasteiger partial charge in [-0.15, -0.1) is 0 Å². The summed E-state index contributed by atoms with van der Waals surface area (Å²) in [5, 5.41) is 3.12. The predicted molar refractivity (Wildman–Crippen MR) is 76.5 cm³/mol. The topological polar surface area (TPSA) is 49.4 Å². The lowest BCUT2D eigenvalue weighted by atomic mass is 9.99. The van der Waals surface area contributed by atoms with Crippen molar-refractivity contribution in [3.05, 3.63) is 30.1 Å². The van der Waals surface area contributed by atoms with Crippen molar-refractivity contribution < 1.29 is 12.8 Å². The number of hydrogen-bond acceptors (Lipinski definition) is 3. The first-order valence-electron chi connectivity index (χ1n) is 6.91. The van der Waals surface area contributed by atoms with Gasteiger partial charge in [-0.05, 0) is 45.0 Å². The van der Waals surface area contributed by atoms with E-state index in [9.17, 15) is 12.8 Å². The molecule has 0 saturated carbocycles. The Labute approximate surface area is 120 Å². The van der Waals surface area contributed by atoms with Crippen LogP contribution in [0.4, 0.5) is 4.39 Å². The molecule has 1 aliphatic heterocycles. The van der Waals surface area contributed by atoms with Crippen LogP contribution in [0.1, 0.15) is 26.2 Å². The highest BCUT2D eigenvalue weighted by atomic mass is 32.2. The maximum absolute atomic E-state index is 13.3. The average Bonchev–Trinajstić information content (AvgIpc) is 2.46. The van der Waals surface area contributed by atoms with Crippen molar-refractivity contribution in [2.75, 3.05) is 13.6 Å². The van der Waals surface area contributed by atoms with Crippen LogP contribution in [-0.4, -0.2) is 38.4 Å². The maximum Gasteiger partial charge on any atom is 0.243 e. The van der Waals surface area contributed by atoms with Gasteiger partial charge in [0, 0.05) is 18.6 Å². The summed E-state index contributed by atoms with van der Waals surface area (Å²) in [4.78, 5) is 0.0349. The van der Waals surface area contributed by atoms with Crippen LogP contribution in [0.15, 0.2) is 29.2 Å². The molecule has 1 N–H and O–H groups in total. The SMILES string of the molecule is CNC(C)C1CCCCN1S(=O)(=O)c1cccc(F)c1. The zero-order chi connectivity index (χ0) is 14.8. The number of sulfonamides is 1. The lowest BCUT2D eigenvalue weighted by Crippen LogP contribution is -2.52. The van der Waals surface area contributed by atoms with E-state index in [2.05, 4.69) is 5.32 Å². The Hall–Kier alpha value is -0.980. The number of nitrogens with one attached hydrogen (secondary N) is 1. The summed E-state index contributed by atoms with van der Waals surface area (Å²) < 4.78 is 40.2. The number of nitrogens with zero attached hydrogens (tertiary/aromatic N) is 1. The van der Waals surface area contributed by atoms with Gasteiger partial charge in [-0.1, -0.05) is 12.5 Å². The van der Waals surface area contributed by atoms with Crippen LogP contribution in [0.2, 0.25) is 0 Å².